The van der Waals surface area contributed by atoms with Crippen LogP contribution in [0.25, 0.3) is 10.9 Å². The number of carbonyl (C=O) groups is 1. The van der Waals surface area contributed by atoms with Crippen LogP contribution < -0.4 is 10.5 Å². The number of hydrogen-bond donors (Lipinski definition) is 1. The van der Waals surface area contributed by atoms with Gasteiger partial charge in [-0.05, 0) is 35.4 Å². The molecule has 0 radical (unpaired) electrons. The summed E-state index contributed by atoms with van der Waals surface area (Å²) in [6.45, 7) is 0.424. The predicted octanol–water partition coefficient (Wildman–Crippen LogP) is 4.17. The minimum atomic E-state index is 0.0107. The smallest absolute Gasteiger partial charge is 0.235 e. The van der Waals surface area contributed by atoms with E-state index in [1.54, 1.807) is 17.0 Å². The summed E-state index contributed by atoms with van der Waals surface area (Å²) in [5.74, 6) is 1.14. The number of hydrogen-bond acceptors (Lipinski definition) is 4. The van der Waals surface area contributed by atoms with E-state index in [-0.39, 0.29) is 5.91 Å². The van der Waals surface area contributed by atoms with Crippen LogP contribution in [-0.2, 0) is 13.0 Å². The number of pyridine rings is 1. The quantitative estimate of drug-likeness (QED) is 0.582. The summed E-state index contributed by atoms with van der Waals surface area (Å²) >= 11 is 0. The predicted molar refractivity (Wildman–Crippen MR) is 105 cm³/mol. The van der Waals surface area contributed by atoms with Crippen molar-refractivity contribution in [3.63, 3.8) is 0 Å². The summed E-state index contributed by atoms with van der Waals surface area (Å²) in [6.07, 6.45) is 3.80. The highest BCUT2D eigenvalue weighted by atomic mass is 16.5. The van der Waals surface area contributed by atoms with E-state index in [1.165, 1.54) is 0 Å². The van der Waals surface area contributed by atoms with E-state index in [0.717, 1.165) is 22.0 Å². The first-order valence-corrected chi connectivity index (χ1v) is 8.74. The zero-order chi connectivity index (χ0) is 18.6. The lowest BCUT2D eigenvalue weighted by atomic mass is 10.1. The first-order chi connectivity index (χ1) is 13.2. The van der Waals surface area contributed by atoms with Crippen molar-refractivity contribution in [1.29, 1.82) is 0 Å². The fourth-order valence-corrected chi connectivity index (χ4v) is 3.05. The van der Waals surface area contributed by atoms with E-state index in [9.17, 15) is 4.79 Å². The fourth-order valence-electron chi connectivity index (χ4n) is 3.05. The maximum absolute atomic E-state index is 12.7. The van der Waals surface area contributed by atoms with Crippen LogP contribution in [0.3, 0.4) is 0 Å². The first-order valence-electron chi connectivity index (χ1n) is 8.74. The van der Waals surface area contributed by atoms with Crippen LogP contribution >= 0.6 is 0 Å². The van der Waals surface area contributed by atoms with Crippen molar-refractivity contribution in [3.05, 3.63) is 90.3 Å². The van der Waals surface area contributed by atoms with Crippen LogP contribution in [0, 0.1) is 0 Å². The van der Waals surface area contributed by atoms with Gasteiger partial charge in [0, 0.05) is 30.4 Å². The lowest BCUT2D eigenvalue weighted by Crippen LogP contribution is -2.12. The molecule has 4 rings (SSSR count). The second kappa shape index (κ2) is 7.43. The maximum atomic E-state index is 12.7. The molecular formula is C22H19N3O2. The molecule has 5 heteroatoms. The van der Waals surface area contributed by atoms with Crippen LogP contribution in [0.15, 0.2) is 79.1 Å². The summed E-state index contributed by atoms with van der Waals surface area (Å²) in [6, 6.07) is 20.9. The Hall–Kier alpha value is -3.44. The molecule has 0 atom stereocenters. The third-order valence-corrected chi connectivity index (χ3v) is 4.41. The van der Waals surface area contributed by atoms with Gasteiger partial charge in [-0.25, -0.2) is 4.98 Å². The molecule has 2 heterocycles. The van der Waals surface area contributed by atoms with Gasteiger partial charge < -0.3 is 10.5 Å². The Morgan fingerprint density at radius 1 is 1.00 bits per heavy atom. The van der Waals surface area contributed by atoms with Gasteiger partial charge in [0.05, 0.1) is 11.9 Å². The summed E-state index contributed by atoms with van der Waals surface area (Å²) in [4.78, 5) is 17.0. The molecule has 0 fully saturated rings. The standard InChI is InChI=1S/C22H19N3O2/c23-15-17-9-11-24-21(13-17)27-20-8-4-7-19-18(20)10-12-25(19)22(26)14-16-5-2-1-3-6-16/h1-13H,14-15,23H2. The molecule has 27 heavy (non-hydrogen) atoms. The molecule has 0 bridgehead atoms. The zero-order valence-electron chi connectivity index (χ0n) is 14.7. The number of nitrogens with two attached hydrogens (primary N) is 1. The van der Waals surface area contributed by atoms with Crippen LogP contribution in [0.4, 0.5) is 0 Å². The van der Waals surface area contributed by atoms with Crippen molar-refractivity contribution < 1.29 is 9.53 Å². The zero-order valence-corrected chi connectivity index (χ0v) is 14.7. The summed E-state index contributed by atoms with van der Waals surface area (Å²) in [5.41, 5.74) is 8.42. The Bertz CT molecular complexity index is 1090. The molecule has 0 aliphatic rings. The van der Waals surface area contributed by atoms with Crippen LogP contribution in [0.1, 0.15) is 15.9 Å². The van der Waals surface area contributed by atoms with Crippen LogP contribution in [-0.4, -0.2) is 15.5 Å². The monoisotopic (exact) mass is 357 g/mol. The third kappa shape index (κ3) is 3.59. The second-order valence-corrected chi connectivity index (χ2v) is 6.24. The first kappa shape index (κ1) is 17.0. The van der Waals surface area contributed by atoms with Crippen molar-refractivity contribution in [3.8, 4) is 11.6 Å². The number of carbonyl (C=O) groups excluding carboxylic acids is 1. The maximum Gasteiger partial charge on any atom is 0.235 e. The van der Waals surface area contributed by atoms with Crippen molar-refractivity contribution >= 4 is 16.8 Å². The van der Waals surface area contributed by atoms with E-state index in [0.29, 0.717) is 24.6 Å². The van der Waals surface area contributed by atoms with Crippen molar-refractivity contribution in [2.45, 2.75) is 13.0 Å². The highest BCUT2D eigenvalue weighted by molar-refractivity contribution is 5.96. The van der Waals surface area contributed by atoms with Gasteiger partial charge in [-0.3, -0.25) is 9.36 Å². The van der Waals surface area contributed by atoms with Gasteiger partial charge in [0.1, 0.15) is 5.75 Å². The average Bonchev–Trinajstić information content (AvgIpc) is 3.14. The minimum Gasteiger partial charge on any atom is -0.438 e. The Morgan fingerprint density at radius 2 is 1.85 bits per heavy atom. The number of aromatic nitrogens is 2. The number of benzene rings is 2. The summed E-state index contributed by atoms with van der Waals surface area (Å²) in [7, 11) is 0. The van der Waals surface area contributed by atoms with Crippen molar-refractivity contribution in [2.75, 3.05) is 0 Å². The minimum absolute atomic E-state index is 0.0107. The average molecular weight is 357 g/mol. The Labute approximate surface area is 157 Å². The van der Waals surface area contributed by atoms with Crippen LogP contribution in [0.5, 0.6) is 11.6 Å². The molecule has 0 saturated heterocycles. The molecule has 0 spiro atoms. The van der Waals surface area contributed by atoms with Crippen LogP contribution in [0.2, 0.25) is 0 Å². The van der Waals surface area contributed by atoms with Gasteiger partial charge in [-0.1, -0.05) is 36.4 Å². The normalized spacial score (nSPS) is 10.9. The third-order valence-electron chi connectivity index (χ3n) is 4.41. The largest absolute Gasteiger partial charge is 0.438 e. The molecule has 0 aliphatic heterocycles. The fraction of sp³-hybridized carbons (Fsp3) is 0.0909. The highest BCUT2D eigenvalue weighted by Crippen LogP contribution is 2.30. The molecule has 0 amide bonds. The molecule has 0 saturated carbocycles. The van der Waals surface area contributed by atoms with Crippen molar-refractivity contribution in [1.82, 2.24) is 9.55 Å². The van der Waals surface area contributed by atoms with Gasteiger partial charge in [0.2, 0.25) is 11.8 Å². The van der Waals surface area contributed by atoms with Crippen molar-refractivity contribution in [2.24, 2.45) is 5.73 Å². The number of fused-ring (bicyclic) bond motifs is 1. The van der Waals surface area contributed by atoms with E-state index in [4.69, 9.17) is 10.5 Å². The molecular weight excluding hydrogens is 338 g/mol. The van der Waals surface area contributed by atoms with Gasteiger partial charge in [-0.15, -0.1) is 0 Å². The van der Waals surface area contributed by atoms with Gasteiger partial charge in [-0.2, -0.15) is 0 Å². The number of nitrogens with zero attached hydrogens (tertiary/aromatic N) is 2. The van der Waals surface area contributed by atoms with E-state index < -0.39 is 0 Å². The topological polar surface area (TPSA) is 70.1 Å². The summed E-state index contributed by atoms with van der Waals surface area (Å²) in [5, 5.41) is 0.860. The Kier molecular flexibility index (Phi) is 4.68. The SMILES string of the molecule is NCc1ccnc(Oc2cccc3c2ccn3C(=O)Cc2ccccc2)c1. The number of ether oxygens (including phenoxy) is 1. The molecule has 5 nitrogen and oxygen atoms in total. The van der Waals surface area contributed by atoms with Gasteiger partial charge in [0.25, 0.3) is 0 Å². The van der Waals surface area contributed by atoms with E-state index in [1.807, 2.05) is 66.7 Å². The Balaban J connectivity index is 1.64. The van der Waals surface area contributed by atoms with Gasteiger partial charge >= 0.3 is 0 Å². The molecule has 0 unspecified atom stereocenters. The van der Waals surface area contributed by atoms with E-state index >= 15 is 0 Å². The molecule has 2 aromatic carbocycles. The summed E-state index contributed by atoms with van der Waals surface area (Å²) < 4.78 is 7.62. The number of rotatable bonds is 5. The molecule has 2 N–H and O–H groups in total. The highest BCUT2D eigenvalue weighted by Gasteiger charge is 2.13. The lowest BCUT2D eigenvalue weighted by molar-refractivity contribution is 0.0919. The second-order valence-electron chi connectivity index (χ2n) is 6.24. The molecule has 2 aromatic heterocycles. The van der Waals surface area contributed by atoms with Gasteiger partial charge in [0.15, 0.2) is 0 Å². The van der Waals surface area contributed by atoms with E-state index in [2.05, 4.69) is 4.98 Å². The molecule has 0 aliphatic carbocycles. The lowest BCUT2D eigenvalue weighted by Gasteiger charge is -2.08. The molecule has 4 aromatic rings. The Morgan fingerprint density at radius 3 is 2.67 bits per heavy atom. The molecule has 134 valence electrons.